The van der Waals surface area contributed by atoms with Gasteiger partial charge in [-0.3, -0.25) is 9.69 Å². The molecule has 0 bridgehead atoms. The lowest BCUT2D eigenvalue weighted by Gasteiger charge is -2.37. The minimum absolute atomic E-state index is 0.230. The fraction of sp³-hybridized carbons (Fsp3) is 0.611. The van der Waals surface area contributed by atoms with E-state index >= 15 is 0 Å². The van der Waals surface area contributed by atoms with Gasteiger partial charge in [-0.05, 0) is 45.2 Å². The van der Waals surface area contributed by atoms with Gasteiger partial charge in [0.05, 0.1) is 0 Å². The first kappa shape index (κ1) is 16.2. The topological polar surface area (TPSA) is 40.5 Å². The molecule has 1 aliphatic rings. The highest BCUT2D eigenvalue weighted by molar-refractivity contribution is 5.96. The monoisotopic (exact) mass is 289 g/mol. The van der Waals surface area contributed by atoms with Crippen molar-refractivity contribution < 1.29 is 9.90 Å². The van der Waals surface area contributed by atoms with E-state index in [0.29, 0.717) is 12.5 Å². The molecule has 0 unspecified atom stereocenters. The van der Waals surface area contributed by atoms with E-state index in [4.69, 9.17) is 5.11 Å². The number of carbonyl (C=O) groups excluding carboxylic acids is 1. The molecule has 0 saturated heterocycles. The van der Waals surface area contributed by atoms with Crippen molar-refractivity contribution in [2.75, 3.05) is 19.7 Å². The lowest BCUT2D eigenvalue weighted by molar-refractivity contribution is 0.0887. The van der Waals surface area contributed by atoms with Crippen LogP contribution in [0.1, 0.15) is 53.6 Å². The molecule has 2 rings (SSSR count). The summed E-state index contributed by atoms with van der Waals surface area (Å²) < 4.78 is 0. The number of aliphatic hydroxyl groups excluding tert-OH is 1. The summed E-state index contributed by atoms with van der Waals surface area (Å²) in [7, 11) is 0. The van der Waals surface area contributed by atoms with Crippen molar-refractivity contribution in [1.29, 1.82) is 0 Å². The van der Waals surface area contributed by atoms with Gasteiger partial charge in [-0.1, -0.05) is 23.6 Å². The van der Waals surface area contributed by atoms with Crippen LogP contribution in [0.2, 0.25) is 0 Å². The van der Waals surface area contributed by atoms with Crippen molar-refractivity contribution in [1.82, 2.24) is 4.90 Å². The summed E-state index contributed by atoms with van der Waals surface area (Å²) >= 11 is 0. The highest BCUT2D eigenvalue weighted by Gasteiger charge is 2.24. The third-order valence-electron chi connectivity index (χ3n) is 4.36. The second-order valence-electron chi connectivity index (χ2n) is 6.25. The Bertz CT molecular complexity index is 460. The van der Waals surface area contributed by atoms with Gasteiger partial charge in [0.1, 0.15) is 0 Å². The molecule has 0 amide bonds. The molecule has 116 valence electrons. The zero-order chi connectivity index (χ0) is 15.2. The van der Waals surface area contributed by atoms with E-state index in [1.807, 2.05) is 26.0 Å². The first-order valence-electron chi connectivity index (χ1n) is 8.06. The Balaban J connectivity index is 1.91. The van der Waals surface area contributed by atoms with Crippen LogP contribution in [0.4, 0.5) is 0 Å². The number of carbonyl (C=O) groups is 1. The SMILES string of the molecule is Cc1cc(C)cc(C(=O)CCN(CCCO)C2CCC2)c1. The van der Waals surface area contributed by atoms with Gasteiger partial charge in [-0.15, -0.1) is 0 Å². The van der Waals surface area contributed by atoms with Crippen LogP contribution in [0.25, 0.3) is 0 Å². The molecule has 0 radical (unpaired) electrons. The van der Waals surface area contributed by atoms with E-state index in [1.165, 1.54) is 19.3 Å². The van der Waals surface area contributed by atoms with E-state index in [9.17, 15) is 4.79 Å². The smallest absolute Gasteiger partial charge is 0.164 e. The van der Waals surface area contributed by atoms with E-state index in [0.717, 1.165) is 36.2 Å². The first-order chi connectivity index (χ1) is 10.1. The molecule has 1 aromatic carbocycles. The highest BCUT2D eigenvalue weighted by Crippen LogP contribution is 2.25. The van der Waals surface area contributed by atoms with Crippen molar-refractivity contribution in [3.8, 4) is 0 Å². The number of benzene rings is 1. The summed E-state index contributed by atoms with van der Waals surface area (Å²) in [5, 5.41) is 9.01. The maximum Gasteiger partial charge on any atom is 0.164 e. The van der Waals surface area contributed by atoms with Crippen LogP contribution in [0, 0.1) is 13.8 Å². The molecule has 1 aromatic rings. The summed E-state index contributed by atoms with van der Waals surface area (Å²) in [6.45, 7) is 6.02. The van der Waals surface area contributed by atoms with Crippen LogP contribution in [-0.4, -0.2) is 41.5 Å². The molecule has 0 spiro atoms. The number of ketones is 1. The van der Waals surface area contributed by atoms with Crippen molar-refractivity contribution in [3.05, 3.63) is 34.9 Å². The molecule has 21 heavy (non-hydrogen) atoms. The van der Waals surface area contributed by atoms with Crippen molar-refractivity contribution in [3.63, 3.8) is 0 Å². The van der Waals surface area contributed by atoms with Gasteiger partial charge in [0.2, 0.25) is 0 Å². The Morgan fingerprint density at radius 1 is 1.19 bits per heavy atom. The molecule has 0 atom stereocenters. The van der Waals surface area contributed by atoms with Crippen molar-refractivity contribution >= 4 is 5.78 Å². The Morgan fingerprint density at radius 3 is 2.38 bits per heavy atom. The molecule has 0 aromatic heterocycles. The second-order valence-corrected chi connectivity index (χ2v) is 6.25. The van der Waals surface area contributed by atoms with Crippen LogP contribution >= 0.6 is 0 Å². The number of hydrogen-bond acceptors (Lipinski definition) is 3. The zero-order valence-corrected chi connectivity index (χ0v) is 13.3. The maximum atomic E-state index is 12.4. The fourth-order valence-corrected chi connectivity index (χ4v) is 3.03. The summed E-state index contributed by atoms with van der Waals surface area (Å²) in [6, 6.07) is 6.69. The molecular weight excluding hydrogens is 262 g/mol. The summed E-state index contributed by atoms with van der Waals surface area (Å²) in [5.74, 6) is 0.232. The van der Waals surface area contributed by atoms with Crippen LogP contribution in [0.15, 0.2) is 18.2 Å². The van der Waals surface area contributed by atoms with Crippen LogP contribution < -0.4 is 0 Å². The molecule has 0 aliphatic heterocycles. The molecule has 1 aliphatic carbocycles. The number of Topliss-reactive ketones (excluding diaryl/α,β-unsaturated/α-hetero) is 1. The van der Waals surface area contributed by atoms with E-state index < -0.39 is 0 Å². The average molecular weight is 289 g/mol. The molecule has 1 saturated carbocycles. The number of aliphatic hydroxyl groups is 1. The quantitative estimate of drug-likeness (QED) is 0.748. The second kappa shape index (κ2) is 7.71. The van der Waals surface area contributed by atoms with E-state index in [2.05, 4.69) is 11.0 Å². The van der Waals surface area contributed by atoms with Crippen molar-refractivity contribution in [2.24, 2.45) is 0 Å². The number of hydrogen-bond donors (Lipinski definition) is 1. The van der Waals surface area contributed by atoms with Crippen LogP contribution in [0.5, 0.6) is 0 Å². The molecular formula is C18H27NO2. The van der Waals surface area contributed by atoms with E-state index in [-0.39, 0.29) is 12.4 Å². The number of rotatable bonds is 8. The van der Waals surface area contributed by atoms with Crippen LogP contribution in [0.3, 0.4) is 0 Å². The minimum Gasteiger partial charge on any atom is -0.396 e. The Morgan fingerprint density at radius 2 is 1.86 bits per heavy atom. The largest absolute Gasteiger partial charge is 0.396 e. The van der Waals surface area contributed by atoms with Gasteiger partial charge in [0.25, 0.3) is 0 Å². The predicted molar refractivity (Wildman–Crippen MR) is 85.8 cm³/mol. The van der Waals surface area contributed by atoms with Gasteiger partial charge in [0, 0.05) is 37.7 Å². The van der Waals surface area contributed by atoms with Gasteiger partial charge in [-0.25, -0.2) is 0 Å². The van der Waals surface area contributed by atoms with Gasteiger partial charge in [-0.2, -0.15) is 0 Å². The minimum atomic E-state index is 0.230. The van der Waals surface area contributed by atoms with Gasteiger partial charge in [0.15, 0.2) is 5.78 Å². The highest BCUT2D eigenvalue weighted by atomic mass is 16.3. The maximum absolute atomic E-state index is 12.4. The molecule has 0 heterocycles. The summed E-state index contributed by atoms with van der Waals surface area (Å²) in [5.41, 5.74) is 3.13. The third kappa shape index (κ3) is 4.65. The average Bonchev–Trinajstić information content (AvgIpc) is 2.38. The Labute approximate surface area is 128 Å². The van der Waals surface area contributed by atoms with Gasteiger partial charge < -0.3 is 5.11 Å². The molecule has 3 nitrogen and oxygen atoms in total. The standard InChI is InChI=1S/C18H27NO2/c1-14-11-15(2)13-16(12-14)18(21)7-9-19(8-4-10-20)17-5-3-6-17/h11-13,17,20H,3-10H2,1-2H3. The number of aryl methyl sites for hydroxylation is 2. The Hall–Kier alpha value is -1.19. The van der Waals surface area contributed by atoms with Crippen molar-refractivity contribution in [2.45, 2.75) is 52.0 Å². The lowest BCUT2D eigenvalue weighted by atomic mass is 9.91. The summed E-state index contributed by atoms with van der Waals surface area (Å²) in [6.07, 6.45) is 5.15. The van der Waals surface area contributed by atoms with Crippen LogP contribution in [-0.2, 0) is 0 Å². The summed E-state index contributed by atoms with van der Waals surface area (Å²) in [4.78, 5) is 14.8. The molecule has 1 fully saturated rings. The predicted octanol–water partition coefficient (Wildman–Crippen LogP) is 3.11. The zero-order valence-electron chi connectivity index (χ0n) is 13.3. The lowest BCUT2D eigenvalue weighted by Crippen LogP contribution is -2.42. The molecule has 1 N–H and O–H groups in total. The first-order valence-corrected chi connectivity index (χ1v) is 8.06. The fourth-order valence-electron chi connectivity index (χ4n) is 3.03. The van der Waals surface area contributed by atoms with Gasteiger partial charge >= 0.3 is 0 Å². The van der Waals surface area contributed by atoms with E-state index in [1.54, 1.807) is 0 Å². The number of nitrogens with zero attached hydrogens (tertiary/aromatic N) is 1. The third-order valence-corrected chi connectivity index (χ3v) is 4.36. The normalized spacial score (nSPS) is 15.2. The molecule has 3 heteroatoms. The Kier molecular flexibility index (Phi) is 5.95.